The SMILES string of the molecule is Cc1cnccc1CN1C[C@H](c2cc(F)c(I)c(F)c2)CC1=O. The highest BCUT2D eigenvalue weighted by atomic mass is 127. The van der Waals surface area contributed by atoms with Gasteiger partial charge in [-0.2, -0.15) is 0 Å². The molecule has 1 aromatic carbocycles. The minimum atomic E-state index is -0.573. The summed E-state index contributed by atoms with van der Waals surface area (Å²) in [6.45, 7) is 2.92. The summed E-state index contributed by atoms with van der Waals surface area (Å²) in [5.41, 5.74) is 2.60. The van der Waals surface area contributed by atoms with Crippen molar-refractivity contribution in [2.75, 3.05) is 6.54 Å². The number of pyridine rings is 1. The quantitative estimate of drug-likeness (QED) is 0.551. The van der Waals surface area contributed by atoms with E-state index >= 15 is 0 Å². The van der Waals surface area contributed by atoms with Gasteiger partial charge >= 0.3 is 0 Å². The van der Waals surface area contributed by atoms with Crippen molar-refractivity contribution in [2.45, 2.75) is 25.8 Å². The van der Waals surface area contributed by atoms with E-state index < -0.39 is 11.6 Å². The summed E-state index contributed by atoms with van der Waals surface area (Å²) >= 11 is 1.64. The van der Waals surface area contributed by atoms with Crippen LogP contribution >= 0.6 is 22.6 Å². The number of amides is 1. The Morgan fingerprint density at radius 3 is 2.70 bits per heavy atom. The van der Waals surface area contributed by atoms with Crippen LogP contribution < -0.4 is 0 Å². The molecule has 1 aromatic heterocycles. The average molecular weight is 428 g/mol. The minimum Gasteiger partial charge on any atom is -0.338 e. The number of rotatable bonds is 3. The van der Waals surface area contributed by atoms with Crippen LogP contribution in [0.4, 0.5) is 8.78 Å². The molecule has 1 amide bonds. The molecule has 1 fully saturated rings. The molecule has 0 unspecified atom stereocenters. The van der Waals surface area contributed by atoms with Crippen molar-refractivity contribution < 1.29 is 13.6 Å². The second-order valence-electron chi connectivity index (χ2n) is 5.78. The molecule has 120 valence electrons. The van der Waals surface area contributed by atoms with Gasteiger partial charge in [-0.05, 0) is 64.4 Å². The van der Waals surface area contributed by atoms with Crippen LogP contribution in [-0.4, -0.2) is 22.3 Å². The molecule has 23 heavy (non-hydrogen) atoms. The summed E-state index contributed by atoms with van der Waals surface area (Å²) in [4.78, 5) is 18.0. The molecule has 6 heteroatoms. The maximum absolute atomic E-state index is 13.7. The first-order chi connectivity index (χ1) is 11.0. The third-order valence-electron chi connectivity index (χ3n) is 4.19. The van der Waals surface area contributed by atoms with Crippen LogP contribution in [0.25, 0.3) is 0 Å². The number of aromatic nitrogens is 1. The molecule has 0 N–H and O–H groups in total. The predicted molar refractivity (Wildman–Crippen MR) is 90.8 cm³/mol. The van der Waals surface area contributed by atoms with E-state index in [1.807, 2.05) is 13.0 Å². The van der Waals surface area contributed by atoms with Crippen LogP contribution in [0.2, 0.25) is 0 Å². The van der Waals surface area contributed by atoms with Crippen molar-refractivity contribution in [3.63, 3.8) is 0 Å². The number of benzene rings is 1. The Hall–Kier alpha value is -1.57. The number of aryl methyl sites for hydroxylation is 1. The number of hydrogen-bond acceptors (Lipinski definition) is 2. The molecular weight excluding hydrogens is 413 g/mol. The summed E-state index contributed by atoms with van der Waals surface area (Å²) in [5.74, 6) is -1.32. The van der Waals surface area contributed by atoms with Crippen molar-refractivity contribution in [1.29, 1.82) is 0 Å². The molecule has 2 aromatic rings. The van der Waals surface area contributed by atoms with E-state index in [2.05, 4.69) is 4.98 Å². The van der Waals surface area contributed by atoms with Crippen LogP contribution in [0, 0.1) is 22.1 Å². The minimum absolute atomic E-state index is 0.00517. The molecule has 2 heterocycles. The maximum Gasteiger partial charge on any atom is 0.223 e. The number of hydrogen-bond donors (Lipinski definition) is 0. The summed E-state index contributed by atoms with van der Waals surface area (Å²) < 4.78 is 27.5. The van der Waals surface area contributed by atoms with E-state index in [0.717, 1.165) is 11.1 Å². The van der Waals surface area contributed by atoms with E-state index in [9.17, 15) is 13.6 Å². The number of nitrogens with zero attached hydrogens (tertiary/aromatic N) is 2. The second-order valence-corrected chi connectivity index (χ2v) is 6.85. The fourth-order valence-electron chi connectivity index (χ4n) is 2.84. The van der Waals surface area contributed by atoms with Gasteiger partial charge in [0.25, 0.3) is 0 Å². The van der Waals surface area contributed by atoms with Crippen molar-refractivity contribution in [2.24, 2.45) is 0 Å². The topological polar surface area (TPSA) is 33.2 Å². The van der Waals surface area contributed by atoms with Gasteiger partial charge in [-0.3, -0.25) is 9.78 Å². The number of carbonyl (C=O) groups is 1. The molecule has 1 atom stereocenters. The van der Waals surface area contributed by atoms with Gasteiger partial charge in [0.05, 0.1) is 3.57 Å². The molecule has 0 saturated carbocycles. The fourth-order valence-corrected chi connectivity index (χ4v) is 3.16. The Kier molecular flexibility index (Phi) is 4.61. The Morgan fingerprint density at radius 2 is 2.04 bits per heavy atom. The Morgan fingerprint density at radius 1 is 1.35 bits per heavy atom. The third-order valence-corrected chi connectivity index (χ3v) is 5.22. The standard InChI is InChI=1S/C17H15F2IN2O/c1-10-7-21-3-2-11(10)8-22-9-13(6-16(22)23)12-4-14(18)17(20)15(19)5-12/h2-5,7,13H,6,8-9H2,1H3/t13-/m1/s1. The normalized spacial score (nSPS) is 17.8. The van der Waals surface area contributed by atoms with Crippen LogP contribution in [0.1, 0.15) is 29.0 Å². The molecular formula is C17H15F2IN2O. The smallest absolute Gasteiger partial charge is 0.223 e. The van der Waals surface area contributed by atoms with Gasteiger partial charge in [-0.1, -0.05) is 0 Å². The van der Waals surface area contributed by atoms with E-state index in [1.165, 1.54) is 12.1 Å². The molecule has 0 radical (unpaired) electrons. The molecule has 0 aliphatic carbocycles. The van der Waals surface area contributed by atoms with Gasteiger partial charge in [0.2, 0.25) is 5.91 Å². The lowest BCUT2D eigenvalue weighted by molar-refractivity contribution is -0.128. The molecule has 1 aliphatic rings. The van der Waals surface area contributed by atoms with Gasteiger partial charge < -0.3 is 4.90 Å². The number of carbonyl (C=O) groups excluding carboxylic acids is 1. The highest BCUT2D eigenvalue weighted by molar-refractivity contribution is 14.1. The average Bonchev–Trinajstić information content (AvgIpc) is 2.88. The third kappa shape index (κ3) is 3.36. The summed E-state index contributed by atoms with van der Waals surface area (Å²) in [6, 6.07) is 4.56. The first-order valence-electron chi connectivity index (χ1n) is 7.27. The zero-order valence-corrected chi connectivity index (χ0v) is 14.7. The van der Waals surface area contributed by atoms with Crippen molar-refractivity contribution >= 4 is 28.5 Å². The lowest BCUT2D eigenvalue weighted by Gasteiger charge is -2.18. The maximum atomic E-state index is 13.7. The Balaban J connectivity index is 1.79. The van der Waals surface area contributed by atoms with Crippen molar-refractivity contribution in [1.82, 2.24) is 9.88 Å². The van der Waals surface area contributed by atoms with Gasteiger partial charge in [-0.15, -0.1) is 0 Å². The van der Waals surface area contributed by atoms with E-state index in [4.69, 9.17) is 0 Å². The summed E-state index contributed by atoms with van der Waals surface area (Å²) in [7, 11) is 0. The van der Waals surface area contributed by atoms with Gasteiger partial charge in [-0.25, -0.2) is 8.78 Å². The molecule has 1 saturated heterocycles. The first kappa shape index (κ1) is 16.3. The van der Waals surface area contributed by atoms with E-state index in [-0.39, 0.29) is 21.8 Å². The number of halogens is 3. The number of likely N-dealkylation sites (tertiary alicyclic amines) is 1. The Bertz CT molecular complexity index is 743. The van der Waals surface area contributed by atoms with Crippen LogP contribution in [0.15, 0.2) is 30.6 Å². The molecule has 1 aliphatic heterocycles. The van der Waals surface area contributed by atoms with Gasteiger partial charge in [0.1, 0.15) is 11.6 Å². The first-order valence-corrected chi connectivity index (χ1v) is 8.35. The lowest BCUT2D eigenvalue weighted by atomic mass is 9.98. The highest BCUT2D eigenvalue weighted by Crippen LogP contribution is 2.31. The van der Waals surface area contributed by atoms with Gasteiger partial charge in [0.15, 0.2) is 0 Å². The lowest BCUT2D eigenvalue weighted by Crippen LogP contribution is -2.24. The molecule has 0 spiro atoms. The predicted octanol–water partition coefficient (Wildman–Crippen LogP) is 3.79. The van der Waals surface area contributed by atoms with Crippen molar-refractivity contribution in [3.05, 3.63) is 62.5 Å². The summed E-state index contributed by atoms with van der Waals surface area (Å²) in [5, 5.41) is 0. The highest BCUT2D eigenvalue weighted by Gasteiger charge is 2.31. The van der Waals surface area contributed by atoms with E-state index in [0.29, 0.717) is 18.7 Å². The van der Waals surface area contributed by atoms with Crippen LogP contribution in [0.5, 0.6) is 0 Å². The zero-order valence-electron chi connectivity index (χ0n) is 12.5. The summed E-state index contributed by atoms with van der Waals surface area (Å²) in [6.07, 6.45) is 3.74. The fraction of sp³-hybridized carbons (Fsp3) is 0.294. The zero-order chi connectivity index (χ0) is 16.6. The molecule has 3 nitrogen and oxygen atoms in total. The largest absolute Gasteiger partial charge is 0.338 e. The van der Waals surface area contributed by atoms with Gasteiger partial charge in [0, 0.05) is 37.8 Å². The van der Waals surface area contributed by atoms with Crippen molar-refractivity contribution in [3.8, 4) is 0 Å². The van der Waals surface area contributed by atoms with Crippen LogP contribution in [0.3, 0.4) is 0 Å². The second kappa shape index (κ2) is 6.51. The van der Waals surface area contributed by atoms with E-state index in [1.54, 1.807) is 39.9 Å². The van der Waals surface area contributed by atoms with Crippen LogP contribution in [-0.2, 0) is 11.3 Å². The molecule has 0 bridgehead atoms. The Labute approximate surface area is 146 Å². The molecule has 3 rings (SSSR count). The monoisotopic (exact) mass is 428 g/mol.